The van der Waals surface area contributed by atoms with Gasteiger partial charge in [-0.3, -0.25) is 9.59 Å². The van der Waals surface area contributed by atoms with Gasteiger partial charge in [-0.2, -0.15) is 0 Å². The minimum absolute atomic E-state index is 0.0287. The number of amides is 2. The van der Waals surface area contributed by atoms with Crippen LogP contribution in [-0.2, 0) is 22.6 Å². The van der Waals surface area contributed by atoms with Gasteiger partial charge in [0, 0.05) is 42.7 Å². The normalized spacial score (nSPS) is 11.3. The molecule has 6 heteroatoms. The van der Waals surface area contributed by atoms with E-state index in [4.69, 9.17) is 4.74 Å². The number of carbonyl (C=O) groups excluding carboxylic acids is 2. The van der Waals surface area contributed by atoms with Crippen molar-refractivity contribution in [2.75, 3.05) is 19.7 Å². The average Bonchev–Trinajstić information content (AvgIpc) is 3.23. The Balaban J connectivity index is 1.78. The number of benzene rings is 2. The Bertz CT molecular complexity index is 1100. The third-order valence-corrected chi connectivity index (χ3v) is 6.12. The molecule has 0 aliphatic heterocycles. The molecule has 0 spiro atoms. The monoisotopic (exact) mass is 477 g/mol. The molecule has 1 heterocycles. The molecule has 3 aromatic rings. The van der Waals surface area contributed by atoms with Gasteiger partial charge < -0.3 is 19.5 Å². The van der Waals surface area contributed by atoms with E-state index in [-0.39, 0.29) is 30.3 Å². The van der Waals surface area contributed by atoms with Crippen molar-refractivity contribution in [2.24, 2.45) is 5.92 Å². The third-order valence-electron chi connectivity index (χ3n) is 6.12. The molecule has 0 unspecified atom stereocenters. The van der Waals surface area contributed by atoms with Crippen LogP contribution >= 0.6 is 0 Å². The maximum atomic E-state index is 13.5. The van der Waals surface area contributed by atoms with Crippen molar-refractivity contribution in [2.45, 2.75) is 60.0 Å². The maximum absolute atomic E-state index is 13.5. The molecule has 0 fully saturated rings. The highest BCUT2D eigenvalue weighted by molar-refractivity contribution is 5.85. The minimum atomic E-state index is -0.0375. The number of fused-ring (bicyclic) bond motifs is 1. The predicted octanol–water partition coefficient (Wildman–Crippen LogP) is 5.42. The SMILES string of the molecule is CCOc1ccc(CN(CCc2c[nH]c3ccccc23)C(=O)CN(C(=O)CC(C)C)C(C)C)cc1. The number of rotatable bonds is 12. The van der Waals surface area contributed by atoms with Gasteiger partial charge in [0.15, 0.2) is 0 Å². The molecule has 0 radical (unpaired) electrons. The van der Waals surface area contributed by atoms with E-state index in [9.17, 15) is 9.59 Å². The number of aromatic nitrogens is 1. The standard InChI is InChI=1S/C29H39N3O3/c1-6-35-25-13-11-23(12-14-25)19-31(16-15-24-18-30-27-10-8-7-9-26(24)27)29(34)20-32(22(4)5)28(33)17-21(2)3/h7-14,18,21-22,30H,6,15-17,19-20H2,1-5H3. The van der Waals surface area contributed by atoms with Crippen LogP contribution in [0.4, 0.5) is 0 Å². The van der Waals surface area contributed by atoms with Crippen LogP contribution in [0.3, 0.4) is 0 Å². The second-order valence-electron chi connectivity index (χ2n) is 9.72. The third kappa shape index (κ3) is 7.35. The fourth-order valence-electron chi connectivity index (χ4n) is 4.23. The van der Waals surface area contributed by atoms with E-state index in [0.29, 0.717) is 26.1 Å². The van der Waals surface area contributed by atoms with Gasteiger partial charge in [-0.05, 0) is 62.4 Å². The molecular formula is C29H39N3O3. The largest absolute Gasteiger partial charge is 0.494 e. The van der Waals surface area contributed by atoms with Crippen molar-refractivity contribution in [3.05, 3.63) is 65.9 Å². The van der Waals surface area contributed by atoms with Crippen LogP contribution in [0, 0.1) is 5.92 Å². The first kappa shape index (κ1) is 26.3. The lowest BCUT2D eigenvalue weighted by molar-refractivity contribution is -0.142. The van der Waals surface area contributed by atoms with Crippen LogP contribution in [0.1, 0.15) is 52.2 Å². The van der Waals surface area contributed by atoms with Gasteiger partial charge in [-0.15, -0.1) is 0 Å². The highest BCUT2D eigenvalue weighted by Gasteiger charge is 2.24. The van der Waals surface area contributed by atoms with Crippen LogP contribution in [-0.4, -0.2) is 52.3 Å². The number of nitrogens with zero attached hydrogens (tertiary/aromatic N) is 2. The first-order chi connectivity index (χ1) is 16.8. The van der Waals surface area contributed by atoms with Crippen molar-refractivity contribution in [1.29, 1.82) is 0 Å². The maximum Gasteiger partial charge on any atom is 0.242 e. The number of nitrogens with one attached hydrogen (secondary N) is 1. The zero-order valence-electron chi connectivity index (χ0n) is 21.7. The molecule has 0 bridgehead atoms. The van der Waals surface area contributed by atoms with Crippen LogP contribution in [0.25, 0.3) is 10.9 Å². The van der Waals surface area contributed by atoms with E-state index in [1.807, 2.05) is 82.1 Å². The summed E-state index contributed by atoms with van der Waals surface area (Å²) in [5.74, 6) is 1.06. The Kier molecular flexibility index (Phi) is 9.35. The molecule has 2 aromatic carbocycles. The average molecular weight is 478 g/mol. The van der Waals surface area contributed by atoms with Gasteiger partial charge in [-0.1, -0.05) is 44.2 Å². The summed E-state index contributed by atoms with van der Waals surface area (Å²) >= 11 is 0. The molecule has 0 saturated heterocycles. The summed E-state index contributed by atoms with van der Waals surface area (Å²) < 4.78 is 5.56. The van der Waals surface area contributed by atoms with Gasteiger partial charge in [0.1, 0.15) is 5.75 Å². The summed E-state index contributed by atoms with van der Waals surface area (Å²) in [7, 11) is 0. The summed E-state index contributed by atoms with van der Waals surface area (Å²) in [6.07, 6.45) is 3.20. The quantitative estimate of drug-likeness (QED) is 0.379. The van der Waals surface area contributed by atoms with Gasteiger partial charge in [0.2, 0.25) is 11.8 Å². The van der Waals surface area contributed by atoms with E-state index >= 15 is 0 Å². The zero-order chi connectivity index (χ0) is 25.4. The van der Waals surface area contributed by atoms with Crippen molar-refractivity contribution in [1.82, 2.24) is 14.8 Å². The molecule has 0 saturated carbocycles. The lowest BCUT2D eigenvalue weighted by Crippen LogP contribution is -2.46. The zero-order valence-corrected chi connectivity index (χ0v) is 21.7. The topological polar surface area (TPSA) is 65.6 Å². The molecule has 1 N–H and O–H groups in total. The molecule has 0 aliphatic rings. The second kappa shape index (κ2) is 12.4. The number of hydrogen-bond acceptors (Lipinski definition) is 3. The Hall–Kier alpha value is -3.28. The minimum Gasteiger partial charge on any atom is -0.494 e. The van der Waals surface area contributed by atoms with Gasteiger partial charge in [0.05, 0.1) is 13.2 Å². The van der Waals surface area contributed by atoms with E-state index in [0.717, 1.165) is 23.3 Å². The Morgan fingerprint density at radius 1 is 0.971 bits per heavy atom. The lowest BCUT2D eigenvalue weighted by Gasteiger charge is -2.31. The summed E-state index contributed by atoms with van der Waals surface area (Å²) in [4.78, 5) is 33.3. The predicted molar refractivity (Wildman–Crippen MR) is 141 cm³/mol. The molecular weight excluding hydrogens is 438 g/mol. The summed E-state index contributed by atoms with van der Waals surface area (Å²) in [5.41, 5.74) is 3.31. The smallest absolute Gasteiger partial charge is 0.242 e. The molecule has 35 heavy (non-hydrogen) atoms. The molecule has 0 atom stereocenters. The Labute approximate surface area is 209 Å². The number of ether oxygens (including phenoxy) is 1. The Morgan fingerprint density at radius 2 is 1.69 bits per heavy atom. The van der Waals surface area contributed by atoms with E-state index in [1.54, 1.807) is 4.90 Å². The van der Waals surface area contributed by atoms with Gasteiger partial charge in [-0.25, -0.2) is 0 Å². The number of H-pyrrole nitrogens is 1. The fourth-order valence-corrected chi connectivity index (χ4v) is 4.23. The Morgan fingerprint density at radius 3 is 2.34 bits per heavy atom. The number of carbonyl (C=O) groups is 2. The number of hydrogen-bond donors (Lipinski definition) is 1. The van der Waals surface area contributed by atoms with Gasteiger partial charge >= 0.3 is 0 Å². The lowest BCUT2D eigenvalue weighted by atomic mass is 10.1. The highest BCUT2D eigenvalue weighted by Crippen LogP contribution is 2.20. The molecule has 6 nitrogen and oxygen atoms in total. The van der Waals surface area contributed by atoms with Crippen LogP contribution in [0.5, 0.6) is 5.75 Å². The van der Waals surface area contributed by atoms with Crippen LogP contribution in [0.15, 0.2) is 54.7 Å². The van der Waals surface area contributed by atoms with Gasteiger partial charge in [0.25, 0.3) is 0 Å². The van der Waals surface area contributed by atoms with Crippen LogP contribution in [0.2, 0.25) is 0 Å². The first-order valence-corrected chi connectivity index (χ1v) is 12.6. The van der Waals surface area contributed by atoms with E-state index in [1.165, 1.54) is 10.9 Å². The molecule has 1 aromatic heterocycles. The van der Waals surface area contributed by atoms with Crippen molar-refractivity contribution < 1.29 is 14.3 Å². The van der Waals surface area contributed by atoms with Crippen LogP contribution < -0.4 is 4.74 Å². The summed E-state index contributed by atoms with van der Waals surface area (Å²) in [5, 5.41) is 1.18. The summed E-state index contributed by atoms with van der Waals surface area (Å²) in [6.45, 7) is 11.7. The van der Waals surface area contributed by atoms with E-state index < -0.39 is 0 Å². The molecule has 0 aliphatic carbocycles. The van der Waals surface area contributed by atoms with Crippen molar-refractivity contribution in [3.8, 4) is 5.75 Å². The number of para-hydroxylation sites is 1. The number of aromatic amines is 1. The summed E-state index contributed by atoms with van der Waals surface area (Å²) in [6, 6.07) is 16.0. The molecule has 2 amide bonds. The van der Waals surface area contributed by atoms with Crippen molar-refractivity contribution >= 4 is 22.7 Å². The second-order valence-corrected chi connectivity index (χ2v) is 9.72. The molecule has 3 rings (SSSR count). The first-order valence-electron chi connectivity index (χ1n) is 12.6. The fraction of sp³-hybridized carbons (Fsp3) is 0.448. The highest BCUT2D eigenvalue weighted by atomic mass is 16.5. The van der Waals surface area contributed by atoms with Crippen molar-refractivity contribution in [3.63, 3.8) is 0 Å². The van der Waals surface area contributed by atoms with E-state index in [2.05, 4.69) is 17.1 Å². The molecule has 188 valence electrons.